The third kappa shape index (κ3) is 3.48. The first-order valence-corrected chi connectivity index (χ1v) is 8.60. The van der Waals surface area contributed by atoms with E-state index in [1.54, 1.807) is 29.2 Å². The maximum absolute atomic E-state index is 12.7. The van der Waals surface area contributed by atoms with Gasteiger partial charge in [0.25, 0.3) is 11.8 Å². The van der Waals surface area contributed by atoms with E-state index in [1.807, 2.05) is 13.8 Å². The Morgan fingerprint density at radius 2 is 1.85 bits per heavy atom. The van der Waals surface area contributed by atoms with Gasteiger partial charge < -0.3 is 20.3 Å². The highest BCUT2D eigenvalue weighted by Crippen LogP contribution is 2.36. The van der Waals surface area contributed by atoms with Gasteiger partial charge in [0.05, 0.1) is 0 Å². The van der Waals surface area contributed by atoms with E-state index < -0.39 is 11.3 Å². The fourth-order valence-corrected chi connectivity index (χ4v) is 3.42. The number of piperidine rings is 1. The lowest BCUT2D eigenvalue weighted by Gasteiger charge is -2.37. The van der Waals surface area contributed by atoms with Crippen molar-refractivity contribution in [3.05, 3.63) is 42.5 Å². The van der Waals surface area contributed by atoms with Crippen LogP contribution in [0.3, 0.4) is 0 Å². The molecule has 2 aliphatic rings. The molecule has 7 heteroatoms. The molecule has 0 saturated carbocycles. The van der Waals surface area contributed by atoms with Crippen LogP contribution in [0.15, 0.2) is 36.9 Å². The average Bonchev–Trinajstić information content (AvgIpc) is 2.83. The van der Waals surface area contributed by atoms with Gasteiger partial charge in [-0.05, 0) is 44.2 Å². The number of nitrogens with zero attached hydrogens (tertiary/aromatic N) is 1. The fraction of sp³-hybridized carbons (Fsp3) is 0.421. The van der Waals surface area contributed by atoms with Crippen molar-refractivity contribution in [3.8, 4) is 0 Å². The lowest BCUT2D eigenvalue weighted by Crippen LogP contribution is -2.51. The zero-order valence-corrected chi connectivity index (χ0v) is 15.0. The van der Waals surface area contributed by atoms with Crippen molar-refractivity contribution in [2.75, 3.05) is 18.4 Å². The maximum Gasteiger partial charge on any atom is 0.254 e. The van der Waals surface area contributed by atoms with Crippen LogP contribution in [0, 0.1) is 0 Å². The number of anilines is 1. The quantitative estimate of drug-likeness (QED) is 0.806. The van der Waals surface area contributed by atoms with Gasteiger partial charge in [-0.15, -0.1) is 0 Å². The van der Waals surface area contributed by atoms with Crippen LogP contribution in [-0.2, 0) is 14.3 Å². The zero-order chi connectivity index (χ0) is 18.9. The molecular formula is C19H23N3O4. The van der Waals surface area contributed by atoms with E-state index >= 15 is 0 Å². The molecule has 0 radical (unpaired) electrons. The standard InChI is InChI=1S/C19H23N3O4/c1-4-15(23)20-14-7-5-13(6-8-14)16(24)22-11-9-19(10-12-22)17(25)21-18(2,3)26-19/h4-8H,1,9-12H2,2-3H3,(H,20,23)(H,21,25). The molecule has 1 aromatic rings. The summed E-state index contributed by atoms with van der Waals surface area (Å²) in [4.78, 5) is 38.0. The fourth-order valence-electron chi connectivity index (χ4n) is 3.42. The van der Waals surface area contributed by atoms with Gasteiger partial charge in [0.15, 0.2) is 5.60 Å². The first-order chi connectivity index (χ1) is 12.2. The van der Waals surface area contributed by atoms with Crippen molar-refractivity contribution < 1.29 is 19.1 Å². The lowest BCUT2D eigenvalue weighted by atomic mass is 9.90. The van der Waals surface area contributed by atoms with E-state index in [1.165, 1.54) is 6.08 Å². The summed E-state index contributed by atoms with van der Waals surface area (Å²) >= 11 is 0. The Kier molecular flexibility index (Phi) is 4.58. The van der Waals surface area contributed by atoms with Crippen LogP contribution >= 0.6 is 0 Å². The summed E-state index contributed by atoms with van der Waals surface area (Å²) in [6.07, 6.45) is 2.13. The number of amides is 3. The topological polar surface area (TPSA) is 87.7 Å². The number of ether oxygens (including phenoxy) is 1. The molecular weight excluding hydrogens is 334 g/mol. The molecule has 1 aromatic carbocycles. The highest BCUT2D eigenvalue weighted by molar-refractivity contribution is 6.00. The van der Waals surface area contributed by atoms with E-state index in [9.17, 15) is 14.4 Å². The Morgan fingerprint density at radius 3 is 2.35 bits per heavy atom. The van der Waals surface area contributed by atoms with Crippen molar-refractivity contribution in [3.63, 3.8) is 0 Å². The molecule has 138 valence electrons. The SMILES string of the molecule is C=CC(=O)Nc1ccc(C(=O)N2CCC3(CC2)OC(C)(C)NC3=O)cc1. The minimum absolute atomic E-state index is 0.0980. The molecule has 3 rings (SSSR count). The van der Waals surface area contributed by atoms with Gasteiger partial charge in [0, 0.05) is 37.2 Å². The van der Waals surface area contributed by atoms with Crippen LogP contribution in [0.1, 0.15) is 37.0 Å². The molecule has 26 heavy (non-hydrogen) atoms. The maximum atomic E-state index is 12.7. The van der Waals surface area contributed by atoms with Crippen molar-refractivity contribution in [1.29, 1.82) is 0 Å². The minimum atomic E-state index is -0.834. The molecule has 3 amide bonds. The van der Waals surface area contributed by atoms with Crippen molar-refractivity contribution in [2.24, 2.45) is 0 Å². The lowest BCUT2D eigenvalue weighted by molar-refractivity contribution is -0.145. The number of hydrogen-bond acceptors (Lipinski definition) is 4. The number of benzene rings is 1. The summed E-state index contributed by atoms with van der Waals surface area (Å²) < 4.78 is 5.94. The Labute approximate surface area is 152 Å². The smallest absolute Gasteiger partial charge is 0.254 e. The van der Waals surface area contributed by atoms with Crippen LogP contribution in [0.5, 0.6) is 0 Å². The van der Waals surface area contributed by atoms with Crippen LogP contribution in [0.2, 0.25) is 0 Å². The molecule has 0 atom stereocenters. The summed E-state index contributed by atoms with van der Waals surface area (Å²) in [5.74, 6) is -0.501. The summed E-state index contributed by atoms with van der Waals surface area (Å²) in [5, 5.41) is 5.49. The number of nitrogens with one attached hydrogen (secondary N) is 2. The van der Waals surface area contributed by atoms with Crippen LogP contribution in [0.4, 0.5) is 5.69 Å². The first-order valence-electron chi connectivity index (χ1n) is 8.60. The largest absolute Gasteiger partial charge is 0.340 e. The third-order valence-electron chi connectivity index (χ3n) is 4.72. The molecule has 2 N–H and O–H groups in total. The van der Waals surface area contributed by atoms with Crippen LogP contribution < -0.4 is 10.6 Å². The second kappa shape index (κ2) is 6.57. The zero-order valence-electron chi connectivity index (χ0n) is 15.0. The molecule has 7 nitrogen and oxygen atoms in total. The first kappa shape index (κ1) is 18.1. The number of hydrogen-bond donors (Lipinski definition) is 2. The molecule has 0 aromatic heterocycles. The number of carbonyl (C=O) groups is 3. The average molecular weight is 357 g/mol. The molecule has 0 aliphatic carbocycles. The predicted molar refractivity (Wildman–Crippen MR) is 96.4 cm³/mol. The Bertz CT molecular complexity index is 747. The Morgan fingerprint density at radius 1 is 1.23 bits per heavy atom. The van der Waals surface area contributed by atoms with Gasteiger partial charge in [0.2, 0.25) is 5.91 Å². The number of rotatable bonds is 3. The van der Waals surface area contributed by atoms with E-state index in [2.05, 4.69) is 17.2 Å². The van der Waals surface area contributed by atoms with Crippen LogP contribution in [-0.4, -0.2) is 47.0 Å². The molecule has 2 heterocycles. The van der Waals surface area contributed by atoms with Crippen molar-refractivity contribution >= 4 is 23.4 Å². The minimum Gasteiger partial charge on any atom is -0.340 e. The molecule has 2 aliphatic heterocycles. The van der Waals surface area contributed by atoms with Gasteiger partial charge in [-0.3, -0.25) is 14.4 Å². The van der Waals surface area contributed by atoms with Crippen molar-refractivity contribution in [2.45, 2.75) is 38.0 Å². The second-order valence-corrected chi connectivity index (χ2v) is 7.12. The molecule has 2 saturated heterocycles. The Balaban J connectivity index is 1.63. The molecule has 2 fully saturated rings. The molecule has 0 unspecified atom stereocenters. The highest BCUT2D eigenvalue weighted by Gasteiger charge is 2.53. The summed E-state index contributed by atoms with van der Waals surface area (Å²) in [5.41, 5.74) is -0.370. The third-order valence-corrected chi connectivity index (χ3v) is 4.72. The number of carbonyl (C=O) groups excluding carboxylic acids is 3. The Hall–Kier alpha value is -2.67. The van der Waals surface area contributed by atoms with Crippen molar-refractivity contribution in [1.82, 2.24) is 10.2 Å². The predicted octanol–water partition coefficient (Wildman–Crippen LogP) is 1.67. The van der Waals surface area contributed by atoms with Crippen LogP contribution in [0.25, 0.3) is 0 Å². The molecule has 1 spiro atoms. The van der Waals surface area contributed by atoms with E-state index in [4.69, 9.17) is 4.74 Å². The van der Waals surface area contributed by atoms with Gasteiger partial charge in [0.1, 0.15) is 5.72 Å². The summed E-state index contributed by atoms with van der Waals surface area (Å²) in [6.45, 7) is 7.95. The van der Waals surface area contributed by atoms with Gasteiger partial charge >= 0.3 is 0 Å². The van der Waals surface area contributed by atoms with Gasteiger partial charge in [-0.25, -0.2) is 0 Å². The monoisotopic (exact) mass is 357 g/mol. The van der Waals surface area contributed by atoms with E-state index in [-0.39, 0.29) is 17.7 Å². The highest BCUT2D eigenvalue weighted by atomic mass is 16.6. The number of likely N-dealkylation sites (tertiary alicyclic amines) is 1. The van der Waals surface area contributed by atoms with E-state index in [0.717, 1.165) is 0 Å². The second-order valence-electron chi connectivity index (χ2n) is 7.12. The van der Waals surface area contributed by atoms with Gasteiger partial charge in [-0.1, -0.05) is 6.58 Å². The van der Waals surface area contributed by atoms with Gasteiger partial charge in [-0.2, -0.15) is 0 Å². The molecule has 0 bridgehead atoms. The summed E-state index contributed by atoms with van der Waals surface area (Å²) in [7, 11) is 0. The summed E-state index contributed by atoms with van der Waals surface area (Å²) in [6, 6.07) is 6.70. The normalized spacial score (nSPS) is 20.5. The van der Waals surface area contributed by atoms with E-state index in [0.29, 0.717) is 37.2 Å².